The van der Waals surface area contributed by atoms with E-state index < -0.39 is 0 Å². The van der Waals surface area contributed by atoms with Crippen LogP contribution in [0.2, 0.25) is 0 Å². The summed E-state index contributed by atoms with van der Waals surface area (Å²) in [6.45, 7) is 4.42. The number of hydrogen-bond donors (Lipinski definition) is 3. The van der Waals surface area contributed by atoms with Crippen LogP contribution < -0.4 is 16.6 Å². The second kappa shape index (κ2) is 6.88. The van der Waals surface area contributed by atoms with Gasteiger partial charge in [0, 0.05) is 31.5 Å². The third kappa shape index (κ3) is 4.44. The van der Waals surface area contributed by atoms with E-state index in [4.69, 9.17) is 10.3 Å². The van der Waals surface area contributed by atoms with Gasteiger partial charge in [-0.3, -0.25) is 9.59 Å². The summed E-state index contributed by atoms with van der Waals surface area (Å²) >= 11 is 0. The van der Waals surface area contributed by atoms with Gasteiger partial charge in [0.15, 0.2) is 5.69 Å². The number of carbonyl (C=O) groups is 1. The monoisotopic (exact) mass is 305 g/mol. The Morgan fingerprint density at radius 2 is 2.23 bits per heavy atom. The lowest BCUT2D eigenvalue weighted by atomic mass is 10.1. The van der Waals surface area contributed by atoms with E-state index in [0.717, 1.165) is 6.42 Å². The molecule has 8 heteroatoms. The van der Waals surface area contributed by atoms with Gasteiger partial charge in [0.1, 0.15) is 17.4 Å². The van der Waals surface area contributed by atoms with Gasteiger partial charge in [-0.2, -0.15) is 0 Å². The summed E-state index contributed by atoms with van der Waals surface area (Å²) in [5.41, 5.74) is 5.41. The molecule has 2 aromatic rings. The first-order valence-corrected chi connectivity index (χ1v) is 7.03. The lowest BCUT2D eigenvalue weighted by Gasteiger charge is -2.03. The van der Waals surface area contributed by atoms with Crippen LogP contribution in [0.1, 0.15) is 35.9 Å². The second-order valence-corrected chi connectivity index (χ2v) is 5.40. The number of carbonyl (C=O) groups excluding carboxylic acids is 1. The molecule has 0 aromatic carbocycles. The smallest absolute Gasteiger partial charge is 0.273 e. The number of nitrogens with zero attached hydrogens (tertiary/aromatic N) is 2. The summed E-state index contributed by atoms with van der Waals surface area (Å²) in [7, 11) is 0. The van der Waals surface area contributed by atoms with Gasteiger partial charge in [-0.05, 0) is 5.92 Å². The second-order valence-electron chi connectivity index (χ2n) is 5.40. The number of nitrogens with two attached hydrogens (primary N) is 1. The number of nitrogen functional groups attached to an aromatic ring is 1. The fourth-order valence-corrected chi connectivity index (χ4v) is 1.95. The molecule has 0 radical (unpaired) electrons. The molecule has 1 amide bonds. The number of anilines is 1. The quantitative estimate of drug-likeness (QED) is 0.713. The summed E-state index contributed by atoms with van der Waals surface area (Å²) < 4.78 is 5.11. The van der Waals surface area contributed by atoms with Crippen molar-refractivity contribution in [3.05, 3.63) is 39.8 Å². The Balaban J connectivity index is 1.87. The maximum atomic E-state index is 11.9. The molecule has 2 rings (SSSR count). The number of H-pyrrole nitrogens is 1. The zero-order valence-corrected chi connectivity index (χ0v) is 12.5. The van der Waals surface area contributed by atoms with Crippen LogP contribution in [0.5, 0.6) is 0 Å². The lowest BCUT2D eigenvalue weighted by molar-refractivity contribution is 0.0945. The summed E-state index contributed by atoms with van der Waals surface area (Å²) in [6, 6.07) is 2.84. The van der Waals surface area contributed by atoms with Crippen molar-refractivity contribution >= 4 is 11.7 Å². The summed E-state index contributed by atoms with van der Waals surface area (Å²) in [6.07, 6.45) is 1.09. The van der Waals surface area contributed by atoms with E-state index in [1.807, 2.05) is 0 Å². The first-order chi connectivity index (χ1) is 10.4. The Kier molecular flexibility index (Phi) is 4.92. The number of rotatable bonds is 6. The highest BCUT2D eigenvalue weighted by Gasteiger charge is 2.13. The highest BCUT2D eigenvalue weighted by molar-refractivity contribution is 5.92. The SMILES string of the molecule is CC(C)Cc1cc(C(=O)NCCc2nc(N)cc(=O)[nH]2)no1. The Morgan fingerprint density at radius 3 is 2.91 bits per heavy atom. The van der Waals surface area contributed by atoms with Crippen molar-refractivity contribution in [2.45, 2.75) is 26.7 Å². The van der Waals surface area contributed by atoms with Crippen molar-refractivity contribution in [1.29, 1.82) is 0 Å². The van der Waals surface area contributed by atoms with E-state index in [1.165, 1.54) is 6.07 Å². The fraction of sp³-hybridized carbons (Fsp3) is 0.429. The van der Waals surface area contributed by atoms with E-state index in [1.54, 1.807) is 6.07 Å². The van der Waals surface area contributed by atoms with Crippen LogP contribution in [0, 0.1) is 5.92 Å². The Morgan fingerprint density at radius 1 is 1.45 bits per heavy atom. The van der Waals surface area contributed by atoms with Crippen molar-refractivity contribution in [2.24, 2.45) is 5.92 Å². The fourth-order valence-electron chi connectivity index (χ4n) is 1.95. The largest absolute Gasteiger partial charge is 0.383 e. The average molecular weight is 305 g/mol. The first kappa shape index (κ1) is 15.7. The predicted molar refractivity (Wildman–Crippen MR) is 80.4 cm³/mol. The topological polar surface area (TPSA) is 127 Å². The molecule has 0 bridgehead atoms. The van der Waals surface area contributed by atoms with Crippen LogP contribution in [-0.4, -0.2) is 27.6 Å². The van der Waals surface area contributed by atoms with Gasteiger partial charge in [0.2, 0.25) is 0 Å². The third-order valence-corrected chi connectivity index (χ3v) is 2.86. The standard InChI is InChI=1S/C14H19N5O3/c1-8(2)5-9-6-10(19-22-9)14(21)16-4-3-12-17-11(15)7-13(20)18-12/h6-8H,3-5H2,1-2H3,(H,16,21)(H3,15,17,18,20). The number of hydrogen-bond acceptors (Lipinski definition) is 6. The highest BCUT2D eigenvalue weighted by atomic mass is 16.5. The summed E-state index contributed by atoms with van der Waals surface area (Å²) in [5, 5.41) is 6.43. The molecule has 22 heavy (non-hydrogen) atoms. The van der Waals surface area contributed by atoms with Crippen molar-refractivity contribution < 1.29 is 9.32 Å². The van der Waals surface area contributed by atoms with E-state index in [0.29, 0.717) is 30.5 Å². The maximum Gasteiger partial charge on any atom is 0.273 e. The molecule has 0 saturated heterocycles. The van der Waals surface area contributed by atoms with Gasteiger partial charge >= 0.3 is 0 Å². The van der Waals surface area contributed by atoms with Gasteiger partial charge in [0.05, 0.1) is 0 Å². The van der Waals surface area contributed by atoms with E-state index >= 15 is 0 Å². The summed E-state index contributed by atoms with van der Waals surface area (Å²) in [4.78, 5) is 29.7. The maximum absolute atomic E-state index is 11.9. The molecule has 2 heterocycles. The van der Waals surface area contributed by atoms with Gasteiger partial charge < -0.3 is 20.6 Å². The number of nitrogens with one attached hydrogen (secondary N) is 2. The zero-order valence-electron chi connectivity index (χ0n) is 12.5. The Hall–Kier alpha value is -2.64. The Labute approximate surface area is 127 Å². The van der Waals surface area contributed by atoms with Gasteiger partial charge in [0.25, 0.3) is 11.5 Å². The number of aromatic amines is 1. The van der Waals surface area contributed by atoms with Crippen LogP contribution >= 0.6 is 0 Å². The normalized spacial score (nSPS) is 10.9. The average Bonchev–Trinajstić information content (AvgIpc) is 2.85. The molecular weight excluding hydrogens is 286 g/mol. The minimum Gasteiger partial charge on any atom is -0.383 e. The predicted octanol–water partition coefficient (Wildman–Crippen LogP) is 0.511. The number of aromatic nitrogens is 3. The van der Waals surface area contributed by atoms with Gasteiger partial charge in [-0.1, -0.05) is 19.0 Å². The minimum absolute atomic E-state index is 0.153. The molecule has 0 saturated carbocycles. The van der Waals surface area contributed by atoms with Crippen LogP contribution in [0.3, 0.4) is 0 Å². The minimum atomic E-state index is -0.329. The van der Waals surface area contributed by atoms with E-state index in [9.17, 15) is 9.59 Å². The molecule has 118 valence electrons. The molecule has 0 aliphatic carbocycles. The van der Waals surface area contributed by atoms with Crippen molar-refractivity contribution in [2.75, 3.05) is 12.3 Å². The molecule has 0 aliphatic heterocycles. The molecule has 8 nitrogen and oxygen atoms in total. The molecule has 0 fully saturated rings. The van der Waals surface area contributed by atoms with Crippen LogP contribution in [-0.2, 0) is 12.8 Å². The molecule has 4 N–H and O–H groups in total. The van der Waals surface area contributed by atoms with Crippen LogP contribution in [0.4, 0.5) is 5.82 Å². The lowest BCUT2D eigenvalue weighted by Crippen LogP contribution is -2.27. The zero-order chi connectivity index (χ0) is 16.1. The molecule has 0 unspecified atom stereocenters. The van der Waals surface area contributed by atoms with Crippen molar-refractivity contribution in [1.82, 2.24) is 20.4 Å². The molecule has 0 atom stereocenters. The number of amides is 1. The van der Waals surface area contributed by atoms with Crippen LogP contribution in [0.25, 0.3) is 0 Å². The molecule has 2 aromatic heterocycles. The molecule has 0 aliphatic rings. The van der Waals surface area contributed by atoms with Crippen LogP contribution in [0.15, 0.2) is 21.5 Å². The first-order valence-electron chi connectivity index (χ1n) is 7.03. The third-order valence-electron chi connectivity index (χ3n) is 2.86. The van der Waals surface area contributed by atoms with Gasteiger partial charge in [-0.15, -0.1) is 0 Å². The van der Waals surface area contributed by atoms with Gasteiger partial charge in [-0.25, -0.2) is 4.98 Å². The molecule has 0 spiro atoms. The van der Waals surface area contributed by atoms with Crippen molar-refractivity contribution in [3.8, 4) is 0 Å². The molecular formula is C14H19N5O3. The highest BCUT2D eigenvalue weighted by Crippen LogP contribution is 2.09. The van der Waals surface area contributed by atoms with E-state index in [2.05, 4.69) is 34.3 Å². The van der Waals surface area contributed by atoms with Crippen molar-refractivity contribution in [3.63, 3.8) is 0 Å². The van der Waals surface area contributed by atoms with E-state index in [-0.39, 0.29) is 23.0 Å². The Bertz CT molecular complexity index is 704. The summed E-state index contributed by atoms with van der Waals surface area (Å²) in [5.74, 6) is 1.35.